The first-order valence-electron chi connectivity index (χ1n) is 10.1. The fraction of sp³-hybridized carbons (Fsp3) is 0.667. The van der Waals surface area contributed by atoms with E-state index in [4.69, 9.17) is 23.2 Å². The van der Waals surface area contributed by atoms with Crippen LogP contribution in [0.3, 0.4) is 0 Å². The van der Waals surface area contributed by atoms with Crippen LogP contribution in [0.1, 0.15) is 39.5 Å². The van der Waals surface area contributed by atoms with Crippen LogP contribution < -0.4 is 10.2 Å². The molecule has 3 rings (SSSR count). The van der Waals surface area contributed by atoms with E-state index in [1.165, 1.54) is 6.42 Å². The summed E-state index contributed by atoms with van der Waals surface area (Å²) in [6.45, 7) is 8.40. The molecule has 1 amide bonds. The van der Waals surface area contributed by atoms with Gasteiger partial charge in [0.25, 0.3) is 0 Å². The summed E-state index contributed by atoms with van der Waals surface area (Å²) in [5.41, 5.74) is 0.0856. The lowest BCUT2D eigenvalue weighted by Gasteiger charge is -2.40. The number of benzene rings is 1. The van der Waals surface area contributed by atoms with Gasteiger partial charge < -0.3 is 15.3 Å². The fourth-order valence-electron chi connectivity index (χ4n) is 4.08. The molecular formula is C21H31Cl2N3O2. The molecule has 0 unspecified atom stereocenters. The van der Waals surface area contributed by atoms with E-state index in [1.807, 2.05) is 18.2 Å². The summed E-state index contributed by atoms with van der Waals surface area (Å²) in [4.78, 5) is 16.7. The molecule has 0 radical (unpaired) electrons. The highest BCUT2D eigenvalue weighted by Gasteiger charge is 2.31. The molecule has 28 heavy (non-hydrogen) atoms. The van der Waals surface area contributed by atoms with Gasteiger partial charge in [-0.05, 0) is 57.7 Å². The Hall–Kier alpha value is -1.01. The van der Waals surface area contributed by atoms with Gasteiger partial charge >= 0.3 is 0 Å². The summed E-state index contributed by atoms with van der Waals surface area (Å²) in [6.07, 6.45) is 3.44. The first-order valence-corrected chi connectivity index (χ1v) is 10.9. The molecule has 0 spiro atoms. The zero-order valence-corrected chi connectivity index (χ0v) is 18.3. The van der Waals surface area contributed by atoms with E-state index in [-0.39, 0.29) is 18.4 Å². The molecule has 1 aliphatic carbocycles. The molecule has 5 nitrogen and oxygen atoms in total. The highest BCUT2D eigenvalue weighted by atomic mass is 35.5. The zero-order valence-electron chi connectivity index (χ0n) is 16.8. The summed E-state index contributed by atoms with van der Waals surface area (Å²) in [5, 5.41) is 14.0. The normalized spacial score (nSPS) is 23.4. The molecule has 0 atom stereocenters. The molecule has 0 bridgehead atoms. The van der Waals surface area contributed by atoms with Gasteiger partial charge in [0.2, 0.25) is 5.91 Å². The van der Waals surface area contributed by atoms with Crippen molar-refractivity contribution in [3.05, 3.63) is 28.2 Å². The highest BCUT2D eigenvalue weighted by Crippen LogP contribution is 2.33. The van der Waals surface area contributed by atoms with Crippen molar-refractivity contribution in [2.45, 2.75) is 51.2 Å². The summed E-state index contributed by atoms with van der Waals surface area (Å²) in [6, 6.07) is 6.08. The average molecular weight is 428 g/mol. The molecule has 2 fully saturated rings. The first kappa shape index (κ1) is 21.7. The van der Waals surface area contributed by atoms with Crippen LogP contribution >= 0.6 is 23.2 Å². The quantitative estimate of drug-likeness (QED) is 0.698. The van der Waals surface area contributed by atoms with Crippen molar-refractivity contribution in [2.24, 2.45) is 5.92 Å². The number of hydrogen-bond donors (Lipinski definition) is 2. The lowest BCUT2D eigenvalue weighted by Crippen LogP contribution is -2.49. The number of halogens is 2. The second kappa shape index (κ2) is 9.21. The topological polar surface area (TPSA) is 55.8 Å². The van der Waals surface area contributed by atoms with Crippen molar-refractivity contribution >= 4 is 34.8 Å². The average Bonchev–Trinajstić information content (AvgIpc) is 2.58. The number of anilines is 1. The van der Waals surface area contributed by atoms with Gasteiger partial charge in [0.05, 0.1) is 27.8 Å². The van der Waals surface area contributed by atoms with Crippen molar-refractivity contribution in [3.8, 4) is 0 Å². The smallest absolute Gasteiger partial charge is 0.223 e. The molecule has 1 aliphatic heterocycles. The van der Waals surface area contributed by atoms with Crippen molar-refractivity contribution in [3.63, 3.8) is 0 Å². The molecule has 1 aromatic rings. The van der Waals surface area contributed by atoms with E-state index >= 15 is 0 Å². The van der Waals surface area contributed by atoms with Crippen LogP contribution in [0.15, 0.2) is 18.2 Å². The minimum Gasteiger partial charge on any atom is -0.390 e. The molecule has 2 aliphatic rings. The number of carbonyl (C=O) groups excluding carboxylic acids is 1. The van der Waals surface area contributed by atoms with E-state index in [0.29, 0.717) is 16.0 Å². The van der Waals surface area contributed by atoms with Gasteiger partial charge in [-0.25, -0.2) is 0 Å². The number of carbonyl (C=O) groups is 1. The Morgan fingerprint density at radius 3 is 2.54 bits per heavy atom. The third kappa shape index (κ3) is 5.99. The highest BCUT2D eigenvalue weighted by molar-refractivity contribution is 6.43. The lowest BCUT2D eigenvalue weighted by atomic mass is 9.78. The van der Waals surface area contributed by atoms with Crippen molar-refractivity contribution in [1.29, 1.82) is 0 Å². The number of amides is 1. The van der Waals surface area contributed by atoms with Gasteiger partial charge in [-0.1, -0.05) is 29.3 Å². The van der Waals surface area contributed by atoms with Crippen LogP contribution in [0.2, 0.25) is 10.0 Å². The summed E-state index contributed by atoms with van der Waals surface area (Å²) in [5.74, 6) is 0.639. The third-order valence-electron chi connectivity index (χ3n) is 5.69. The van der Waals surface area contributed by atoms with E-state index < -0.39 is 5.60 Å². The maximum Gasteiger partial charge on any atom is 0.223 e. The summed E-state index contributed by atoms with van der Waals surface area (Å²) in [7, 11) is 0. The zero-order chi connectivity index (χ0) is 20.3. The Labute approximate surface area is 178 Å². The number of nitrogens with zero attached hydrogens (tertiary/aromatic N) is 2. The SMILES string of the molecule is CC(C)(O)CC(=O)NC1CC(CCN2CCN(c3cccc(Cl)c3Cl)CC2)C1. The predicted octanol–water partition coefficient (Wildman–Crippen LogP) is 3.56. The van der Waals surface area contributed by atoms with Crippen LogP contribution in [0, 0.1) is 5.92 Å². The van der Waals surface area contributed by atoms with Crippen LogP contribution in [0.4, 0.5) is 5.69 Å². The van der Waals surface area contributed by atoms with Gasteiger partial charge in [0.15, 0.2) is 0 Å². The Balaban J connectivity index is 1.33. The maximum atomic E-state index is 11.9. The number of hydrogen-bond acceptors (Lipinski definition) is 4. The largest absolute Gasteiger partial charge is 0.390 e. The van der Waals surface area contributed by atoms with Crippen LogP contribution in [0.5, 0.6) is 0 Å². The molecular weight excluding hydrogens is 397 g/mol. The molecule has 1 saturated heterocycles. The van der Waals surface area contributed by atoms with Gasteiger partial charge in [0.1, 0.15) is 0 Å². The Kier molecular flexibility index (Phi) is 7.13. The predicted molar refractivity (Wildman–Crippen MR) is 115 cm³/mol. The Bertz CT molecular complexity index is 679. The fourth-order valence-corrected chi connectivity index (χ4v) is 4.49. The Morgan fingerprint density at radius 2 is 1.89 bits per heavy atom. The number of nitrogens with one attached hydrogen (secondary N) is 1. The molecule has 7 heteroatoms. The second-order valence-corrected chi connectivity index (χ2v) is 9.57. The summed E-state index contributed by atoms with van der Waals surface area (Å²) < 4.78 is 0. The number of rotatable bonds is 7. The van der Waals surface area contributed by atoms with Crippen molar-refractivity contribution < 1.29 is 9.90 Å². The van der Waals surface area contributed by atoms with Gasteiger partial charge in [0, 0.05) is 32.2 Å². The molecule has 1 saturated carbocycles. The maximum absolute atomic E-state index is 11.9. The molecule has 1 heterocycles. The van der Waals surface area contributed by atoms with E-state index in [1.54, 1.807) is 13.8 Å². The monoisotopic (exact) mass is 427 g/mol. The minimum absolute atomic E-state index is 0.0493. The number of aliphatic hydroxyl groups is 1. The van der Waals surface area contributed by atoms with E-state index in [2.05, 4.69) is 15.1 Å². The summed E-state index contributed by atoms with van der Waals surface area (Å²) >= 11 is 12.5. The van der Waals surface area contributed by atoms with Crippen LogP contribution in [0.25, 0.3) is 0 Å². The molecule has 2 N–H and O–H groups in total. The van der Waals surface area contributed by atoms with E-state index in [9.17, 15) is 9.90 Å². The minimum atomic E-state index is -0.940. The van der Waals surface area contributed by atoms with Crippen molar-refractivity contribution in [2.75, 3.05) is 37.6 Å². The standard InChI is InChI=1S/C21H31Cl2N3O2/c1-21(2,28)14-19(27)24-16-12-15(13-16)6-7-25-8-10-26(11-9-25)18-5-3-4-17(22)20(18)23/h3-5,15-16,28H,6-14H2,1-2H3,(H,24,27). The van der Waals surface area contributed by atoms with Gasteiger partial charge in [-0.3, -0.25) is 9.69 Å². The Morgan fingerprint density at radius 1 is 1.21 bits per heavy atom. The van der Waals surface area contributed by atoms with Crippen LogP contribution in [-0.4, -0.2) is 60.3 Å². The second-order valence-electron chi connectivity index (χ2n) is 8.78. The van der Waals surface area contributed by atoms with Gasteiger partial charge in [-0.2, -0.15) is 0 Å². The molecule has 0 aromatic heterocycles. The molecule has 156 valence electrons. The third-order valence-corrected chi connectivity index (χ3v) is 6.50. The number of piperazine rings is 1. The van der Waals surface area contributed by atoms with Crippen LogP contribution in [-0.2, 0) is 4.79 Å². The first-order chi connectivity index (χ1) is 13.2. The van der Waals surface area contributed by atoms with Crippen molar-refractivity contribution in [1.82, 2.24) is 10.2 Å². The molecule has 1 aromatic carbocycles. The van der Waals surface area contributed by atoms with E-state index in [0.717, 1.165) is 51.3 Å². The lowest BCUT2D eigenvalue weighted by molar-refractivity contribution is -0.126. The van der Waals surface area contributed by atoms with Gasteiger partial charge in [-0.15, -0.1) is 0 Å².